The average Bonchev–Trinajstić information content (AvgIpc) is 3.60. The first kappa shape index (κ1) is 31.6. The molecule has 0 atom stereocenters. The highest BCUT2D eigenvalue weighted by Crippen LogP contribution is 2.47. The Hall–Kier alpha value is -7.16. The Balaban J connectivity index is 1.22. The van der Waals surface area contributed by atoms with E-state index in [0.29, 0.717) is 0 Å². The minimum absolute atomic E-state index is 1.09. The van der Waals surface area contributed by atoms with Gasteiger partial charge in [0, 0.05) is 33.3 Å². The number of benzene rings is 9. The van der Waals surface area contributed by atoms with Gasteiger partial charge in [0.2, 0.25) is 0 Å². The van der Waals surface area contributed by atoms with Gasteiger partial charge in [-0.25, -0.2) is 0 Å². The van der Waals surface area contributed by atoms with Crippen molar-refractivity contribution in [3.8, 4) is 39.1 Å². The number of nitrogens with zero attached hydrogens (tertiary/aromatic N) is 2. The number of anilines is 3. The Morgan fingerprint density at radius 3 is 1.67 bits per heavy atom. The van der Waals surface area contributed by atoms with Crippen LogP contribution in [-0.4, -0.2) is 4.57 Å². The summed E-state index contributed by atoms with van der Waals surface area (Å²) in [4.78, 5) is 2.44. The molecule has 0 saturated heterocycles. The molecule has 0 amide bonds. The average molecular weight is 689 g/mol. The van der Waals surface area contributed by atoms with Crippen LogP contribution in [-0.2, 0) is 0 Å². The zero-order valence-electron chi connectivity index (χ0n) is 29.7. The molecule has 0 bridgehead atoms. The van der Waals surface area contributed by atoms with Crippen molar-refractivity contribution in [1.29, 1.82) is 0 Å². The molecule has 0 aliphatic carbocycles. The van der Waals surface area contributed by atoms with E-state index < -0.39 is 0 Å². The normalized spacial score (nSPS) is 11.3. The lowest BCUT2D eigenvalue weighted by atomic mass is 9.95. The summed E-state index contributed by atoms with van der Waals surface area (Å²) < 4.78 is 2.42. The summed E-state index contributed by atoms with van der Waals surface area (Å²) in [6.07, 6.45) is 0. The summed E-state index contributed by atoms with van der Waals surface area (Å²) in [5, 5.41) is 4.94. The Kier molecular flexibility index (Phi) is 7.85. The minimum atomic E-state index is 1.09. The Morgan fingerprint density at radius 2 is 0.889 bits per heavy atom. The lowest BCUT2D eigenvalue weighted by molar-refractivity contribution is 1.19. The van der Waals surface area contributed by atoms with E-state index in [4.69, 9.17) is 0 Å². The molecule has 0 unspecified atom stereocenters. The van der Waals surface area contributed by atoms with E-state index in [2.05, 4.69) is 228 Å². The molecule has 1 heterocycles. The molecule has 0 fully saturated rings. The molecule has 0 aliphatic heterocycles. The van der Waals surface area contributed by atoms with Gasteiger partial charge >= 0.3 is 0 Å². The molecular weight excluding hydrogens is 653 g/mol. The van der Waals surface area contributed by atoms with Gasteiger partial charge in [-0.2, -0.15) is 0 Å². The lowest BCUT2D eigenvalue weighted by Crippen LogP contribution is -2.12. The van der Waals surface area contributed by atoms with Gasteiger partial charge in [0.05, 0.1) is 22.4 Å². The van der Waals surface area contributed by atoms with Crippen LogP contribution in [0.15, 0.2) is 218 Å². The summed E-state index contributed by atoms with van der Waals surface area (Å²) in [6, 6.07) is 78.9. The van der Waals surface area contributed by atoms with Crippen LogP contribution in [0.25, 0.3) is 71.6 Å². The molecule has 0 radical (unpaired) electrons. The smallest absolute Gasteiger partial charge is 0.0547 e. The van der Waals surface area contributed by atoms with Crippen LogP contribution >= 0.6 is 0 Å². The second-order valence-corrected chi connectivity index (χ2v) is 13.7. The van der Waals surface area contributed by atoms with Gasteiger partial charge in [-0.1, -0.05) is 170 Å². The first-order valence-electron chi connectivity index (χ1n) is 18.5. The Labute approximate surface area is 315 Å². The topological polar surface area (TPSA) is 8.17 Å². The van der Waals surface area contributed by atoms with Crippen molar-refractivity contribution in [3.63, 3.8) is 0 Å². The fourth-order valence-electron chi connectivity index (χ4n) is 8.11. The van der Waals surface area contributed by atoms with Gasteiger partial charge in [-0.15, -0.1) is 0 Å². The van der Waals surface area contributed by atoms with E-state index in [1.807, 2.05) is 0 Å². The van der Waals surface area contributed by atoms with Crippen molar-refractivity contribution in [3.05, 3.63) is 218 Å². The van der Waals surface area contributed by atoms with Gasteiger partial charge in [-0.05, 0) is 81.6 Å². The van der Waals surface area contributed by atoms with E-state index in [9.17, 15) is 0 Å². The fraction of sp³-hybridized carbons (Fsp3) is 0. The van der Waals surface area contributed by atoms with Crippen molar-refractivity contribution in [2.24, 2.45) is 0 Å². The highest BCUT2D eigenvalue weighted by molar-refractivity contribution is 6.17. The van der Waals surface area contributed by atoms with Crippen LogP contribution in [0.3, 0.4) is 0 Å². The molecule has 2 heteroatoms. The summed E-state index contributed by atoms with van der Waals surface area (Å²) in [7, 11) is 0. The molecular formula is C52H36N2. The summed E-state index contributed by atoms with van der Waals surface area (Å²) in [5.41, 5.74) is 14.0. The number of para-hydroxylation sites is 3. The molecule has 0 saturated carbocycles. The third kappa shape index (κ3) is 5.44. The molecule has 10 aromatic rings. The molecule has 10 rings (SSSR count). The molecule has 1 aromatic heterocycles. The van der Waals surface area contributed by atoms with E-state index >= 15 is 0 Å². The third-order valence-electron chi connectivity index (χ3n) is 10.6. The van der Waals surface area contributed by atoms with Crippen LogP contribution in [0.2, 0.25) is 0 Å². The van der Waals surface area contributed by atoms with Crippen molar-refractivity contribution in [2.45, 2.75) is 0 Å². The number of aromatic nitrogens is 1. The van der Waals surface area contributed by atoms with E-state index in [1.165, 1.54) is 66.0 Å². The van der Waals surface area contributed by atoms with Crippen molar-refractivity contribution >= 4 is 49.6 Å². The zero-order chi connectivity index (χ0) is 35.8. The number of fused-ring (bicyclic) bond motifs is 4. The van der Waals surface area contributed by atoms with Crippen LogP contribution in [0.1, 0.15) is 0 Å². The van der Waals surface area contributed by atoms with E-state index in [1.54, 1.807) is 0 Å². The predicted molar refractivity (Wildman–Crippen MR) is 229 cm³/mol. The first-order valence-corrected chi connectivity index (χ1v) is 18.5. The van der Waals surface area contributed by atoms with Gasteiger partial charge in [0.15, 0.2) is 0 Å². The van der Waals surface area contributed by atoms with Crippen LogP contribution in [0.5, 0.6) is 0 Å². The standard InChI is InChI=1S/C52H36N2/c1-3-16-37(17-4-1)39-30-33-42(34-31-39)53(48-26-12-9-22-44(48)40-19-5-2-6-20-40)49-27-13-10-23-45(49)46-25-15-29-51-52(46)47-24-11-14-28-50(47)54(51)43-35-32-38-18-7-8-21-41(38)36-43/h1-36H. The summed E-state index contributed by atoms with van der Waals surface area (Å²) in [6.45, 7) is 0. The maximum absolute atomic E-state index is 2.44. The van der Waals surface area contributed by atoms with Gasteiger partial charge < -0.3 is 9.47 Å². The van der Waals surface area contributed by atoms with Crippen molar-refractivity contribution in [2.75, 3.05) is 4.90 Å². The van der Waals surface area contributed by atoms with Crippen LogP contribution < -0.4 is 4.90 Å². The molecule has 0 spiro atoms. The second-order valence-electron chi connectivity index (χ2n) is 13.7. The number of hydrogen-bond donors (Lipinski definition) is 0. The highest BCUT2D eigenvalue weighted by atomic mass is 15.1. The van der Waals surface area contributed by atoms with Crippen LogP contribution in [0.4, 0.5) is 17.1 Å². The molecule has 0 aliphatic rings. The second kappa shape index (κ2) is 13.4. The number of rotatable bonds is 7. The van der Waals surface area contributed by atoms with E-state index in [0.717, 1.165) is 22.7 Å². The quantitative estimate of drug-likeness (QED) is 0.162. The van der Waals surface area contributed by atoms with Gasteiger partial charge in [-0.3, -0.25) is 0 Å². The molecule has 54 heavy (non-hydrogen) atoms. The van der Waals surface area contributed by atoms with E-state index in [-0.39, 0.29) is 0 Å². The zero-order valence-corrected chi connectivity index (χ0v) is 29.7. The van der Waals surface area contributed by atoms with Crippen molar-refractivity contribution < 1.29 is 0 Å². The maximum atomic E-state index is 2.44. The third-order valence-corrected chi connectivity index (χ3v) is 10.6. The molecule has 254 valence electrons. The number of hydrogen-bond acceptors (Lipinski definition) is 1. The van der Waals surface area contributed by atoms with Gasteiger partial charge in [0.1, 0.15) is 0 Å². The fourth-order valence-corrected chi connectivity index (χ4v) is 8.11. The first-order chi connectivity index (χ1) is 26.8. The lowest BCUT2D eigenvalue weighted by Gasteiger charge is -2.30. The van der Waals surface area contributed by atoms with Crippen LogP contribution in [0, 0.1) is 0 Å². The van der Waals surface area contributed by atoms with Crippen molar-refractivity contribution in [1.82, 2.24) is 4.57 Å². The summed E-state index contributed by atoms with van der Waals surface area (Å²) in [5.74, 6) is 0. The molecule has 0 N–H and O–H groups in total. The summed E-state index contributed by atoms with van der Waals surface area (Å²) >= 11 is 0. The largest absolute Gasteiger partial charge is 0.309 e. The minimum Gasteiger partial charge on any atom is -0.309 e. The Morgan fingerprint density at radius 1 is 0.333 bits per heavy atom. The molecule has 2 nitrogen and oxygen atoms in total. The monoisotopic (exact) mass is 688 g/mol. The molecule has 9 aromatic carbocycles. The van der Waals surface area contributed by atoms with Gasteiger partial charge in [0.25, 0.3) is 0 Å². The predicted octanol–water partition coefficient (Wildman–Crippen LogP) is 14.4. The SMILES string of the molecule is c1ccc(-c2ccc(N(c3ccccc3-c3ccccc3)c3ccccc3-c3cccc4c3c3ccccc3n4-c3ccc4ccccc4c3)cc2)cc1. The maximum Gasteiger partial charge on any atom is 0.0547 e. The highest BCUT2D eigenvalue weighted by Gasteiger charge is 2.23. The Bertz CT molecular complexity index is 2920.